The molecule has 1 aliphatic heterocycles. The molecule has 1 amide bonds. The molecule has 1 heterocycles. The van der Waals surface area contributed by atoms with E-state index >= 15 is 0 Å². The van der Waals surface area contributed by atoms with Crippen molar-refractivity contribution in [2.75, 3.05) is 6.61 Å². The van der Waals surface area contributed by atoms with Crippen molar-refractivity contribution in [3.8, 4) is 0 Å². The number of alkyl halides is 2. The number of carbonyl (C=O) groups is 1. The molecule has 0 aromatic heterocycles. The van der Waals surface area contributed by atoms with E-state index in [0.717, 1.165) is 12.1 Å². The molecule has 1 saturated heterocycles. The van der Waals surface area contributed by atoms with E-state index in [2.05, 4.69) is 15.9 Å². The Balaban J connectivity index is 2.60. The molecule has 0 spiro atoms. The first-order valence-electron chi connectivity index (χ1n) is 6.81. The SMILES string of the molecule is CC(C)(C)OC(=O)N1S(=O)OCC1(c1cc(Br)ccc1F)C(F)F. The molecule has 0 bridgehead atoms. The van der Waals surface area contributed by atoms with Gasteiger partial charge in [-0.05, 0) is 39.0 Å². The van der Waals surface area contributed by atoms with Gasteiger partial charge in [0, 0.05) is 10.0 Å². The summed E-state index contributed by atoms with van der Waals surface area (Å²) >= 11 is 0.541. The van der Waals surface area contributed by atoms with E-state index < -0.39 is 52.9 Å². The number of benzene rings is 1. The van der Waals surface area contributed by atoms with Crippen molar-refractivity contribution in [1.29, 1.82) is 0 Å². The maximum atomic E-state index is 14.2. The van der Waals surface area contributed by atoms with Crippen LogP contribution >= 0.6 is 15.9 Å². The smallest absolute Gasteiger partial charge is 0.425 e. The Morgan fingerprint density at radius 3 is 2.62 bits per heavy atom. The zero-order valence-corrected chi connectivity index (χ0v) is 15.4. The van der Waals surface area contributed by atoms with Crippen LogP contribution in [0.3, 0.4) is 0 Å². The predicted octanol–water partition coefficient (Wildman–Crippen LogP) is 3.89. The summed E-state index contributed by atoms with van der Waals surface area (Å²) < 4.78 is 64.6. The number of halogens is 4. The molecule has 5 nitrogen and oxygen atoms in total. The summed E-state index contributed by atoms with van der Waals surface area (Å²) in [5, 5.41) is 0. The van der Waals surface area contributed by atoms with Crippen LogP contribution in [0.1, 0.15) is 26.3 Å². The van der Waals surface area contributed by atoms with Crippen LogP contribution < -0.4 is 0 Å². The van der Waals surface area contributed by atoms with Gasteiger partial charge in [-0.1, -0.05) is 15.9 Å². The average molecular weight is 430 g/mol. The van der Waals surface area contributed by atoms with Crippen LogP contribution in [0.4, 0.5) is 18.0 Å². The first-order chi connectivity index (χ1) is 11.0. The summed E-state index contributed by atoms with van der Waals surface area (Å²) in [5.74, 6) is -0.977. The van der Waals surface area contributed by atoms with Crippen molar-refractivity contribution >= 4 is 33.3 Å². The summed E-state index contributed by atoms with van der Waals surface area (Å²) in [4.78, 5) is 12.3. The van der Waals surface area contributed by atoms with Gasteiger partial charge in [-0.3, -0.25) is 4.18 Å². The van der Waals surface area contributed by atoms with E-state index in [9.17, 15) is 22.2 Å². The van der Waals surface area contributed by atoms with E-state index in [1.807, 2.05) is 0 Å². The molecule has 0 N–H and O–H groups in total. The zero-order valence-electron chi connectivity index (χ0n) is 13.0. The number of rotatable bonds is 2. The third-order valence-corrected chi connectivity index (χ3v) is 4.79. The third kappa shape index (κ3) is 3.45. The Bertz CT molecular complexity index is 682. The molecule has 0 radical (unpaired) electrons. The van der Waals surface area contributed by atoms with Crippen molar-refractivity contribution in [2.24, 2.45) is 0 Å². The Hall–Kier alpha value is -1.13. The lowest BCUT2D eigenvalue weighted by Gasteiger charge is -2.35. The minimum atomic E-state index is -3.26. The van der Waals surface area contributed by atoms with Crippen LogP contribution in [0.5, 0.6) is 0 Å². The van der Waals surface area contributed by atoms with Crippen LogP contribution in [-0.4, -0.2) is 33.2 Å². The molecule has 2 atom stereocenters. The van der Waals surface area contributed by atoms with Gasteiger partial charge in [0.15, 0.2) is 5.54 Å². The van der Waals surface area contributed by atoms with Gasteiger partial charge < -0.3 is 4.74 Å². The molecule has 0 saturated carbocycles. The molecular formula is C14H15BrF3NO4S. The fraction of sp³-hybridized carbons (Fsp3) is 0.500. The fourth-order valence-electron chi connectivity index (χ4n) is 2.20. The van der Waals surface area contributed by atoms with Gasteiger partial charge in [-0.2, -0.15) is 4.31 Å². The topological polar surface area (TPSA) is 55.8 Å². The van der Waals surface area contributed by atoms with Crippen LogP contribution in [0.25, 0.3) is 0 Å². The Morgan fingerprint density at radius 2 is 2.08 bits per heavy atom. The van der Waals surface area contributed by atoms with E-state index in [1.165, 1.54) is 26.8 Å². The zero-order chi connectivity index (χ0) is 18.3. The highest BCUT2D eigenvalue weighted by Crippen LogP contribution is 2.44. The Morgan fingerprint density at radius 1 is 1.46 bits per heavy atom. The monoisotopic (exact) mass is 429 g/mol. The molecule has 134 valence electrons. The van der Waals surface area contributed by atoms with Gasteiger partial charge in [-0.25, -0.2) is 22.2 Å². The highest BCUT2D eigenvalue weighted by atomic mass is 79.9. The lowest BCUT2D eigenvalue weighted by Crippen LogP contribution is -2.53. The van der Waals surface area contributed by atoms with Gasteiger partial charge >= 0.3 is 6.09 Å². The Labute approximate surface area is 148 Å². The lowest BCUT2D eigenvalue weighted by molar-refractivity contribution is -0.0345. The molecule has 10 heteroatoms. The van der Waals surface area contributed by atoms with Gasteiger partial charge in [0.05, 0.1) is 0 Å². The highest BCUT2D eigenvalue weighted by Gasteiger charge is 2.60. The molecule has 2 rings (SSSR count). The minimum Gasteiger partial charge on any atom is -0.443 e. The van der Waals surface area contributed by atoms with Crippen molar-refractivity contribution in [3.63, 3.8) is 0 Å². The van der Waals surface area contributed by atoms with Crippen molar-refractivity contribution in [1.82, 2.24) is 4.31 Å². The predicted molar refractivity (Wildman–Crippen MR) is 83.9 cm³/mol. The van der Waals surface area contributed by atoms with Gasteiger partial charge in [0.2, 0.25) is 0 Å². The van der Waals surface area contributed by atoms with Gasteiger partial charge in [0.1, 0.15) is 18.0 Å². The van der Waals surface area contributed by atoms with Crippen molar-refractivity contribution in [3.05, 3.63) is 34.1 Å². The van der Waals surface area contributed by atoms with Crippen LogP contribution in [-0.2, 0) is 25.7 Å². The number of ether oxygens (including phenoxy) is 1. The van der Waals surface area contributed by atoms with E-state index in [0.29, 0.717) is 4.47 Å². The number of amides is 1. The molecule has 24 heavy (non-hydrogen) atoms. The van der Waals surface area contributed by atoms with Gasteiger partial charge in [-0.15, -0.1) is 0 Å². The first kappa shape index (κ1) is 19.2. The summed E-state index contributed by atoms with van der Waals surface area (Å²) in [7, 11) is 0. The quantitative estimate of drug-likeness (QED) is 0.715. The van der Waals surface area contributed by atoms with Crippen LogP contribution in [0.15, 0.2) is 22.7 Å². The third-order valence-electron chi connectivity index (χ3n) is 3.21. The normalized spacial score (nSPS) is 24.5. The second kappa shape index (κ2) is 6.64. The molecule has 2 unspecified atom stereocenters. The number of hydrogen-bond donors (Lipinski definition) is 0. The average Bonchev–Trinajstić information content (AvgIpc) is 2.78. The summed E-state index contributed by atoms with van der Waals surface area (Å²) in [5.41, 5.74) is -4.09. The molecule has 0 aliphatic carbocycles. The molecule has 1 aromatic rings. The standard InChI is InChI=1S/C14H15BrF3NO4S/c1-13(2,3)23-12(20)19-14(11(17)18,7-22-24(19)21)9-6-8(15)4-5-10(9)16/h4-6,11H,7H2,1-3H3. The largest absolute Gasteiger partial charge is 0.443 e. The van der Waals surface area contributed by atoms with Crippen molar-refractivity contribution < 1.29 is 31.1 Å². The first-order valence-corrected chi connectivity index (χ1v) is 8.63. The number of hydrogen-bond acceptors (Lipinski definition) is 4. The summed E-state index contributed by atoms with van der Waals surface area (Å²) in [6, 6.07) is 3.39. The van der Waals surface area contributed by atoms with Gasteiger partial charge in [0.25, 0.3) is 17.7 Å². The number of nitrogens with zero attached hydrogens (tertiary/aromatic N) is 1. The maximum Gasteiger partial charge on any atom is 0.425 e. The molecular weight excluding hydrogens is 415 g/mol. The highest BCUT2D eigenvalue weighted by molar-refractivity contribution is 9.10. The maximum absolute atomic E-state index is 14.2. The van der Waals surface area contributed by atoms with E-state index in [-0.39, 0.29) is 4.31 Å². The summed E-state index contributed by atoms with van der Waals surface area (Å²) in [6.45, 7) is 3.74. The van der Waals surface area contributed by atoms with Crippen LogP contribution in [0, 0.1) is 5.82 Å². The lowest BCUT2D eigenvalue weighted by atomic mass is 9.90. The molecule has 1 aromatic carbocycles. The van der Waals surface area contributed by atoms with Crippen LogP contribution in [0.2, 0.25) is 0 Å². The summed E-state index contributed by atoms with van der Waals surface area (Å²) in [6.07, 6.45) is -4.54. The number of carbonyl (C=O) groups excluding carboxylic acids is 1. The van der Waals surface area contributed by atoms with Crippen molar-refractivity contribution in [2.45, 2.75) is 38.3 Å². The fourth-order valence-corrected chi connectivity index (χ4v) is 3.60. The second-order valence-electron chi connectivity index (χ2n) is 6.10. The Kier molecular flexibility index (Phi) is 5.31. The second-order valence-corrected chi connectivity index (χ2v) is 8.05. The minimum absolute atomic E-state index is 0.258. The molecule has 1 aliphatic rings. The van der Waals surface area contributed by atoms with E-state index in [1.54, 1.807) is 0 Å². The van der Waals surface area contributed by atoms with E-state index in [4.69, 9.17) is 8.92 Å². The molecule has 1 fully saturated rings.